The number of carbonyl (C=O) groups excluding carboxylic acids is 3. The Balaban J connectivity index is 1.68. The Kier molecular flexibility index (Phi) is 8.40. The van der Waals surface area contributed by atoms with E-state index in [2.05, 4.69) is 4.99 Å². The largest absolute Gasteiger partial charge is 0.491 e. The van der Waals surface area contributed by atoms with Gasteiger partial charge in [-0.25, -0.2) is 14.2 Å². The Bertz CT molecular complexity index is 1290. The van der Waals surface area contributed by atoms with Crippen molar-refractivity contribution in [2.24, 2.45) is 10.7 Å². The molecule has 2 aromatic rings. The monoisotopic (exact) mass is 522 g/mol. The topological polar surface area (TPSA) is 115 Å². The van der Waals surface area contributed by atoms with Crippen molar-refractivity contribution in [2.75, 3.05) is 36.1 Å². The maximum atomic E-state index is 14.5. The molecule has 38 heavy (non-hydrogen) atoms. The number of piperidine rings is 2. The van der Waals surface area contributed by atoms with Crippen molar-refractivity contribution in [3.63, 3.8) is 0 Å². The van der Waals surface area contributed by atoms with E-state index in [1.54, 1.807) is 30.9 Å². The number of nitrogens with two attached hydrogens (primary N) is 1. The highest BCUT2D eigenvalue weighted by Crippen LogP contribution is 2.30. The summed E-state index contributed by atoms with van der Waals surface area (Å²) in [4.78, 5) is 46.1. The van der Waals surface area contributed by atoms with Gasteiger partial charge in [0.25, 0.3) is 5.91 Å². The minimum absolute atomic E-state index is 0.0688. The van der Waals surface area contributed by atoms with Gasteiger partial charge in [-0.2, -0.15) is 0 Å². The first-order valence-corrected chi connectivity index (χ1v) is 12.7. The van der Waals surface area contributed by atoms with E-state index in [1.807, 2.05) is 12.1 Å². The molecule has 0 saturated carbocycles. The summed E-state index contributed by atoms with van der Waals surface area (Å²) in [5.41, 5.74) is 7.61. The zero-order valence-electron chi connectivity index (χ0n) is 21.5. The lowest BCUT2D eigenvalue weighted by Crippen LogP contribution is -2.44. The van der Waals surface area contributed by atoms with Crippen LogP contribution in [-0.2, 0) is 19.1 Å². The summed E-state index contributed by atoms with van der Waals surface area (Å²) in [6, 6.07) is 11.3. The predicted molar refractivity (Wildman–Crippen MR) is 142 cm³/mol. The summed E-state index contributed by atoms with van der Waals surface area (Å²) >= 11 is 0. The van der Waals surface area contributed by atoms with Crippen molar-refractivity contribution in [1.29, 1.82) is 0 Å². The van der Waals surface area contributed by atoms with Gasteiger partial charge in [0, 0.05) is 42.5 Å². The third-order valence-corrected chi connectivity index (χ3v) is 6.39. The van der Waals surface area contributed by atoms with Gasteiger partial charge in [-0.05, 0) is 69.5 Å². The van der Waals surface area contributed by atoms with Gasteiger partial charge < -0.3 is 25.0 Å². The van der Waals surface area contributed by atoms with E-state index < -0.39 is 17.7 Å². The summed E-state index contributed by atoms with van der Waals surface area (Å²) in [5, 5.41) is 0. The molecule has 0 radical (unpaired) electrons. The van der Waals surface area contributed by atoms with Gasteiger partial charge in [0.2, 0.25) is 5.91 Å². The molecule has 4 rings (SSSR count). The second-order valence-electron chi connectivity index (χ2n) is 8.85. The number of hydrogen-bond acceptors (Lipinski definition) is 7. The number of rotatable bonds is 7. The lowest BCUT2D eigenvalue weighted by molar-refractivity contribution is -0.138. The fraction of sp³-hybridized carbons (Fsp3) is 0.357. The Morgan fingerprint density at radius 1 is 0.974 bits per heavy atom. The second kappa shape index (κ2) is 11.9. The Labute approximate surface area is 220 Å². The van der Waals surface area contributed by atoms with Crippen LogP contribution < -0.4 is 20.3 Å². The molecule has 9 nitrogen and oxygen atoms in total. The van der Waals surface area contributed by atoms with Gasteiger partial charge in [-0.1, -0.05) is 0 Å². The summed E-state index contributed by atoms with van der Waals surface area (Å²) in [6.07, 6.45) is 2.60. The number of halogens is 1. The molecule has 2 amide bonds. The van der Waals surface area contributed by atoms with Crippen LogP contribution in [0.3, 0.4) is 0 Å². The average molecular weight is 523 g/mol. The highest BCUT2D eigenvalue weighted by atomic mass is 19.1. The van der Waals surface area contributed by atoms with Crippen LogP contribution in [0.1, 0.15) is 39.5 Å². The number of anilines is 2. The Morgan fingerprint density at radius 2 is 1.68 bits per heavy atom. The highest BCUT2D eigenvalue weighted by molar-refractivity contribution is 6.51. The molecule has 2 heterocycles. The van der Waals surface area contributed by atoms with Crippen molar-refractivity contribution in [3.8, 4) is 5.75 Å². The molecule has 2 aromatic carbocycles. The smallest absolute Gasteiger partial charge is 0.354 e. The van der Waals surface area contributed by atoms with Crippen LogP contribution in [-0.4, -0.2) is 49.8 Å². The first-order valence-electron chi connectivity index (χ1n) is 12.7. The summed E-state index contributed by atoms with van der Waals surface area (Å²) < 4.78 is 24.8. The van der Waals surface area contributed by atoms with E-state index in [4.69, 9.17) is 15.2 Å². The summed E-state index contributed by atoms with van der Waals surface area (Å²) in [6.45, 7) is 4.73. The number of amides is 2. The van der Waals surface area contributed by atoms with Crippen molar-refractivity contribution in [2.45, 2.75) is 39.5 Å². The first kappa shape index (κ1) is 26.8. The molecule has 2 saturated heterocycles. The molecule has 2 fully saturated rings. The van der Waals surface area contributed by atoms with Crippen molar-refractivity contribution >= 4 is 40.6 Å². The van der Waals surface area contributed by atoms with Crippen molar-refractivity contribution < 1.29 is 28.2 Å². The number of carbonyl (C=O) groups is 3. The van der Waals surface area contributed by atoms with Crippen molar-refractivity contribution in [1.82, 2.24) is 0 Å². The fourth-order valence-corrected chi connectivity index (χ4v) is 4.51. The zero-order chi connectivity index (χ0) is 27.2. The highest BCUT2D eigenvalue weighted by Gasteiger charge is 2.33. The molecule has 200 valence electrons. The minimum Gasteiger partial charge on any atom is -0.491 e. The SMILES string of the molecule is CCOC(=O)C(N)=C1CCN(c2ccc(N3CCCCC3=O)cc2)C(=O)C1=Nc1ccc(OCC)c(F)c1. The number of hydrogen-bond donors (Lipinski definition) is 1. The normalized spacial score (nSPS) is 18.6. The van der Waals surface area contributed by atoms with Gasteiger partial charge in [0.05, 0.1) is 18.9 Å². The Hall–Kier alpha value is -4.21. The van der Waals surface area contributed by atoms with Crippen LogP contribution in [0.25, 0.3) is 0 Å². The molecule has 2 aliphatic heterocycles. The number of aliphatic imine (C=N–C) groups is 1. The van der Waals surface area contributed by atoms with Gasteiger partial charge in [-0.3, -0.25) is 9.59 Å². The lowest BCUT2D eigenvalue weighted by Gasteiger charge is -2.31. The minimum atomic E-state index is -0.745. The molecule has 0 spiro atoms. The van der Waals surface area contributed by atoms with Gasteiger partial charge >= 0.3 is 5.97 Å². The quantitative estimate of drug-likeness (QED) is 0.434. The van der Waals surface area contributed by atoms with Crippen LogP contribution >= 0.6 is 0 Å². The van der Waals surface area contributed by atoms with Crippen LogP contribution in [0, 0.1) is 5.82 Å². The molecule has 2 aliphatic rings. The number of ether oxygens (including phenoxy) is 2. The Morgan fingerprint density at radius 3 is 2.32 bits per heavy atom. The van der Waals surface area contributed by atoms with Crippen LogP contribution in [0.15, 0.2) is 58.7 Å². The molecular weight excluding hydrogens is 491 g/mol. The molecule has 0 aromatic heterocycles. The van der Waals surface area contributed by atoms with Crippen molar-refractivity contribution in [3.05, 3.63) is 59.6 Å². The van der Waals surface area contributed by atoms with E-state index in [9.17, 15) is 18.8 Å². The van der Waals surface area contributed by atoms with E-state index in [-0.39, 0.29) is 53.9 Å². The molecule has 0 atom stereocenters. The predicted octanol–water partition coefficient (Wildman–Crippen LogP) is 4.03. The molecule has 0 bridgehead atoms. The maximum absolute atomic E-state index is 14.5. The molecule has 10 heteroatoms. The average Bonchev–Trinajstić information content (AvgIpc) is 2.91. The summed E-state index contributed by atoms with van der Waals surface area (Å²) in [7, 11) is 0. The first-order chi connectivity index (χ1) is 18.3. The van der Waals surface area contributed by atoms with E-state index >= 15 is 0 Å². The number of esters is 1. The second-order valence-corrected chi connectivity index (χ2v) is 8.85. The fourth-order valence-electron chi connectivity index (χ4n) is 4.51. The maximum Gasteiger partial charge on any atom is 0.354 e. The van der Waals surface area contributed by atoms with E-state index in [0.717, 1.165) is 24.6 Å². The van der Waals surface area contributed by atoms with E-state index in [0.29, 0.717) is 25.3 Å². The van der Waals surface area contributed by atoms with Gasteiger partial charge in [-0.15, -0.1) is 0 Å². The van der Waals surface area contributed by atoms with Crippen LogP contribution in [0.2, 0.25) is 0 Å². The standard InChI is InChI=1S/C28H31FN4O5/c1-3-37-23-13-8-18(17-22(23)29)31-26-21(25(30)28(36)38-4-2)14-16-33(27(26)35)20-11-9-19(10-12-20)32-15-6-5-7-24(32)34/h8-13,17H,3-7,14-16,30H2,1-2H3. The third kappa shape index (κ3) is 5.69. The zero-order valence-corrected chi connectivity index (χ0v) is 21.5. The van der Waals surface area contributed by atoms with Crippen LogP contribution in [0.4, 0.5) is 21.5 Å². The lowest BCUT2D eigenvalue weighted by atomic mass is 9.97. The molecule has 2 N–H and O–H groups in total. The summed E-state index contributed by atoms with van der Waals surface area (Å²) in [5.74, 6) is -1.71. The van der Waals surface area contributed by atoms with Gasteiger partial charge in [0.1, 0.15) is 11.4 Å². The van der Waals surface area contributed by atoms with Crippen LogP contribution in [0.5, 0.6) is 5.75 Å². The number of nitrogens with zero attached hydrogens (tertiary/aromatic N) is 3. The van der Waals surface area contributed by atoms with E-state index in [1.165, 1.54) is 17.0 Å². The molecule has 0 aliphatic carbocycles. The third-order valence-electron chi connectivity index (χ3n) is 6.39. The molecular formula is C28H31FN4O5. The van der Waals surface area contributed by atoms with Gasteiger partial charge in [0.15, 0.2) is 11.6 Å². The number of benzene rings is 2. The molecule has 0 unspecified atom stereocenters.